The molecule has 14 N–H and O–H groups in total. The second kappa shape index (κ2) is 21.0. The van der Waals surface area contributed by atoms with E-state index in [9.17, 15) is 81.1 Å². The molecular weight excluding hydrogens is 1050 g/mol. The molecular formula is C54H86O25. The molecule has 0 aromatic heterocycles. The lowest BCUT2D eigenvalue weighted by molar-refractivity contribution is -0.406. The minimum atomic E-state index is -2.25. The Hall–Kier alpha value is -1.90. The van der Waals surface area contributed by atoms with Crippen molar-refractivity contribution < 1.29 is 124 Å². The van der Waals surface area contributed by atoms with Gasteiger partial charge < -0.3 is 114 Å². The summed E-state index contributed by atoms with van der Waals surface area (Å²) in [6, 6.07) is 0. The largest absolute Gasteiger partial charge is 0.481 e. The van der Waals surface area contributed by atoms with Crippen LogP contribution in [0.1, 0.15) is 113 Å². The van der Waals surface area contributed by atoms with Crippen LogP contribution < -0.4 is 0 Å². The Bertz CT molecular complexity index is 2240. The van der Waals surface area contributed by atoms with Gasteiger partial charge in [0.2, 0.25) is 0 Å². The monoisotopic (exact) mass is 1130 g/mol. The highest BCUT2D eigenvalue weighted by molar-refractivity contribution is 5.74. The second-order valence-corrected chi connectivity index (χ2v) is 26.8. The average molecular weight is 1140 g/mol. The van der Waals surface area contributed by atoms with Crippen molar-refractivity contribution in [3.63, 3.8) is 0 Å². The molecule has 5 saturated carbocycles. The maximum absolute atomic E-state index is 13.2. The van der Waals surface area contributed by atoms with Crippen LogP contribution in [0.5, 0.6) is 0 Å². The molecule has 5 heterocycles. The molecule has 0 aromatic rings. The van der Waals surface area contributed by atoms with E-state index in [1.807, 2.05) is 20.8 Å². The van der Waals surface area contributed by atoms with Crippen LogP contribution in [0.4, 0.5) is 0 Å². The average Bonchev–Trinajstić information content (AvgIpc) is 2.18. The molecule has 10 rings (SSSR count). The molecule has 1 spiro atoms. The van der Waals surface area contributed by atoms with Gasteiger partial charge in [0.25, 0.3) is 0 Å². The summed E-state index contributed by atoms with van der Waals surface area (Å²) in [5.74, 6) is -2.65. The number of rotatable bonds is 12. The molecule has 5 aliphatic carbocycles. The number of aliphatic carboxylic acids is 2. The van der Waals surface area contributed by atoms with Gasteiger partial charge in [-0.3, -0.25) is 4.79 Å². The molecule has 31 atom stereocenters. The molecule has 31 unspecified atom stereocenters. The van der Waals surface area contributed by atoms with Crippen LogP contribution in [0.2, 0.25) is 0 Å². The van der Waals surface area contributed by atoms with E-state index in [0.717, 1.165) is 12.8 Å². The van der Waals surface area contributed by atoms with E-state index in [2.05, 4.69) is 20.8 Å². The molecule has 0 aromatic carbocycles. The first-order chi connectivity index (χ1) is 36.9. The third-order valence-corrected chi connectivity index (χ3v) is 22.8. The Labute approximate surface area is 457 Å². The number of hydrogen-bond donors (Lipinski definition) is 14. The van der Waals surface area contributed by atoms with Crippen LogP contribution in [-0.4, -0.2) is 244 Å². The van der Waals surface area contributed by atoms with E-state index in [1.54, 1.807) is 0 Å². The van der Waals surface area contributed by atoms with Gasteiger partial charge in [0.05, 0.1) is 49.1 Å². The second-order valence-electron chi connectivity index (χ2n) is 26.8. The number of ether oxygens (including phenoxy) is 9. The predicted molar refractivity (Wildman–Crippen MR) is 263 cm³/mol. The van der Waals surface area contributed by atoms with Gasteiger partial charge in [0.15, 0.2) is 31.3 Å². The number of fused-ring (bicyclic) bond motifs is 4. The summed E-state index contributed by atoms with van der Waals surface area (Å²) in [4.78, 5) is 26.0. The normalized spacial score (nSPS) is 57.0. The van der Waals surface area contributed by atoms with E-state index < -0.39 is 187 Å². The van der Waals surface area contributed by atoms with Gasteiger partial charge in [-0.15, -0.1) is 0 Å². The van der Waals surface area contributed by atoms with E-state index in [0.29, 0.717) is 58.0 Å². The van der Waals surface area contributed by atoms with Crippen LogP contribution >= 0.6 is 0 Å². The SMILES string of the molecule is CC1OC(OC2C(OC3C(O)C(C(=O)O)OC(OC4CCC5(C)C(CCC6(C)C5CCC57OCC8(CCC(C)(C(=O)O)CC85)C(O)CC67C)C4(C)C)C3OC3OC(CO)C(O)C(O)C3O)OC(CO)C(O)C2O)C(O)C(O)C1O. The molecule has 452 valence electrons. The smallest absolute Gasteiger partial charge is 0.335 e. The summed E-state index contributed by atoms with van der Waals surface area (Å²) in [7, 11) is 0. The lowest BCUT2D eigenvalue weighted by Gasteiger charge is -2.75. The lowest BCUT2D eigenvalue weighted by atomic mass is 9.30. The first kappa shape index (κ1) is 60.2. The zero-order valence-electron chi connectivity index (χ0n) is 45.9. The Morgan fingerprint density at radius 1 is 0.532 bits per heavy atom. The molecule has 25 nitrogen and oxygen atoms in total. The van der Waals surface area contributed by atoms with Gasteiger partial charge in [-0.05, 0) is 112 Å². The summed E-state index contributed by atoms with van der Waals surface area (Å²) in [5.41, 5.74) is -4.13. The fourth-order valence-corrected chi connectivity index (χ4v) is 18.0. The Balaban J connectivity index is 0.968. The number of aliphatic hydroxyl groups is 12. The quantitative estimate of drug-likeness (QED) is 0.0925. The van der Waals surface area contributed by atoms with Crippen molar-refractivity contribution in [2.24, 2.45) is 50.2 Å². The van der Waals surface area contributed by atoms with E-state index >= 15 is 0 Å². The van der Waals surface area contributed by atoms with Crippen LogP contribution in [-0.2, 0) is 52.2 Å². The van der Waals surface area contributed by atoms with Gasteiger partial charge >= 0.3 is 11.9 Å². The zero-order chi connectivity index (χ0) is 57.6. The van der Waals surface area contributed by atoms with E-state index in [-0.39, 0.29) is 28.6 Å². The third kappa shape index (κ3) is 8.95. The van der Waals surface area contributed by atoms with Crippen molar-refractivity contribution in [3.8, 4) is 0 Å². The van der Waals surface area contributed by atoms with Crippen molar-refractivity contribution in [1.82, 2.24) is 0 Å². The Morgan fingerprint density at radius 3 is 1.73 bits per heavy atom. The first-order valence-corrected chi connectivity index (χ1v) is 28.3. The highest BCUT2D eigenvalue weighted by Gasteiger charge is 2.80. The van der Waals surface area contributed by atoms with Crippen molar-refractivity contribution in [3.05, 3.63) is 0 Å². The van der Waals surface area contributed by atoms with Crippen LogP contribution in [0.15, 0.2) is 0 Å². The maximum Gasteiger partial charge on any atom is 0.335 e. The topological polar surface area (TPSA) is 400 Å². The molecule has 25 heteroatoms. The Kier molecular flexibility index (Phi) is 16.0. The molecule has 10 aliphatic rings. The predicted octanol–water partition coefficient (Wildman–Crippen LogP) is -2.17. The van der Waals surface area contributed by atoms with E-state index in [4.69, 9.17) is 42.6 Å². The molecule has 10 fully saturated rings. The molecule has 5 saturated heterocycles. The van der Waals surface area contributed by atoms with Crippen molar-refractivity contribution in [2.45, 2.75) is 253 Å². The van der Waals surface area contributed by atoms with Gasteiger partial charge in [-0.25, -0.2) is 4.79 Å². The zero-order valence-corrected chi connectivity index (χ0v) is 45.9. The summed E-state index contributed by atoms with van der Waals surface area (Å²) in [6.45, 7) is 12.8. The number of carboxylic acid groups (broad SMARTS) is 2. The Morgan fingerprint density at radius 2 is 1.10 bits per heavy atom. The number of carboxylic acids is 2. The number of carbonyl (C=O) groups is 2. The van der Waals surface area contributed by atoms with Crippen molar-refractivity contribution in [2.75, 3.05) is 19.8 Å². The first-order valence-electron chi connectivity index (χ1n) is 28.3. The van der Waals surface area contributed by atoms with Gasteiger partial charge in [0, 0.05) is 10.8 Å². The van der Waals surface area contributed by atoms with Crippen LogP contribution in [0.25, 0.3) is 0 Å². The van der Waals surface area contributed by atoms with Crippen molar-refractivity contribution >= 4 is 11.9 Å². The number of aliphatic hydroxyl groups excluding tert-OH is 12. The molecule has 0 radical (unpaired) electrons. The lowest BCUT2D eigenvalue weighted by Crippen LogP contribution is -2.74. The maximum atomic E-state index is 13.2. The minimum Gasteiger partial charge on any atom is -0.481 e. The summed E-state index contributed by atoms with van der Waals surface area (Å²) >= 11 is 0. The molecule has 5 aliphatic heterocycles. The van der Waals surface area contributed by atoms with Crippen LogP contribution in [0, 0.1) is 50.2 Å². The van der Waals surface area contributed by atoms with Gasteiger partial charge in [0.1, 0.15) is 85.5 Å². The van der Waals surface area contributed by atoms with Crippen molar-refractivity contribution in [1.29, 1.82) is 0 Å². The molecule has 79 heavy (non-hydrogen) atoms. The van der Waals surface area contributed by atoms with E-state index in [1.165, 1.54) is 6.92 Å². The molecule has 0 amide bonds. The minimum absolute atomic E-state index is 0.0607. The highest BCUT2D eigenvalue weighted by atomic mass is 16.8. The highest BCUT2D eigenvalue weighted by Crippen LogP contribution is 2.80. The fourth-order valence-electron chi connectivity index (χ4n) is 18.0. The summed E-state index contributed by atoms with van der Waals surface area (Å²) in [6.07, 6.45) is -33.1. The van der Waals surface area contributed by atoms with Gasteiger partial charge in [-0.1, -0.05) is 34.6 Å². The number of hydrogen-bond acceptors (Lipinski definition) is 23. The molecule has 2 bridgehead atoms. The standard InChI is InChI=1S/C54H86O25/c1-21-29(58)32(61)35(64)43(72-21)78-40-34(63)31(60)23(19-56)74-45(40)76-38-37(66)39(42(67)68)77-46(41(38)79-44-36(65)33(62)30(59)22(18-55)73-44)75-28-10-11-50(5)24(48(28,2)3)8-12-51(6)25(50)9-13-54-26-16-49(4,47(69)70)14-15-53(26,20-71-54)27(57)17-52(51,54)7/h21-41,43-46,55-66H,8-20H2,1-7H3,(H,67,68)(H,69,70). The third-order valence-electron chi connectivity index (χ3n) is 22.8. The van der Waals surface area contributed by atoms with Gasteiger partial charge in [-0.2, -0.15) is 0 Å². The fraction of sp³-hybridized carbons (Fsp3) is 0.963. The van der Waals surface area contributed by atoms with Crippen LogP contribution in [0.3, 0.4) is 0 Å². The summed E-state index contributed by atoms with van der Waals surface area (Å²) < 4.78 is 56.2. The summed E-state index contributed by atoms with van der Waals surface area (Å²) in [5, 5.41) is 153.